The van der Waals surface area contributed by atoms with Gasteiger partial charge in [0.15, 0.2) is 0 Å². The highest BCUT2D eigenvalue weighted by Crippen LogP contribution is 2.53. The van der Waals surface area contributed by atoms with Crippen molar-refractivity contribution >= 4 is 0 Å². The Kier molecular flexibility index (Phi) is 1.97. The van der Waals surface area contributed by atoms with Crippen molar-refractivity contribution in [1.29, 1.82) is 0 Å². The summed E-state index contributed by atoms with van der Waals surface area (Å²) in [5.74, 6) is 6.32. The van der Waals surface area contributed by atoms with E-state index < -0.39 is 0 Å². The lowest BCUT2D eigenvalue weighted by Gasteiger charge is -1.96. The third-order valence-corrected chi connectivity index (χ3v) is 4.91. The maximum atomic E-state index is 2.41. The molecule has 2 aliphatic carbocycles. The molecule has 0 amide bonds. The van der Waals surface area contributed by atoms with Crippen LogP contribution in [-0.4, -0.2) is 0 Å². The Labute approximate surface area is 76.7 Å². The fourth-order valence-corrected chi connectivity index (χ4v) is 2.97. The number of hydrogen-bond donors (Lipinski definition) is 0. The summed E-state index contributed by atoms with van der Waals surface area (Å²) in [6.07, 6.45) is 3.03. The summed E-state index contributed by atoms with van der Waals surface area (Å²) in [4.78, 5) is 0. The summed E-state index contributed by atoms with van der Waals surface area (Å²) in [5.41, 5.74) is 0. The molecular formula is C12H22. The molecule has 2 rings (SSSR count). The van der Waals surface area contributed by atoms with Crippen LogP contribution in [0, 0.1) is 35.5 Å². The summed E-state index contributed by atoms with van der Waals surface area (Å²) in [5, 5.41) is 0. The van der Waals surface area contributed by atoms with Crippen molar-refractivity contribution in [2.24, 2.45) is 35.5 Å². The van der Waals surface area contributed by atoms with E-state index in [-0.39, 0.29) is 0 Å². The highest BCUT2D eigenvalue weighted by molar-refractivity contribution is 4.95. The quantitative estimate of drug-likeness (QED) is 0.601. The van der Waals surface area contributed by atoms with E-state index in [1.54, 1.807) is 0 Å². The van der Waals surface area contributed by atoms with Crippen LogP contribution in [0.5, 0.6) is 0 Å². The summed E-state index contributed by atoms with van der Waals surface area (Å²) >= 11 is 0. The zero-order valence-electron chi connectivity index (χ0n) is 8.88. The van der Waals surface area contributed by atoms with E-state index in [9.17, 15) is 0 Å². The minimum atomic E-state index is 1.04. The molecule has 2 saturated carbocycles. The van der Waals surface area contributed by atoms with Crippen LogP contribution in [0.2, 0.25) is 0 Å². The highest BCUT2D eigenvalue weighted by Gasteiger charge is 2.46. The highest BCUT2D eigenvalue weighted by atomic mass is 14.5. The molecule has 0 aromatic carbocycles. The van der Waals surface area contributed by atoms with Crippen molar-refractivity contribution < 1.29 is 0 Å². The summed E-state index contributed by atoms with van der Waals surface area (Å²) < 4.78 is 0. The lowest BCUT2D eigenvalue weighted by Crippen LogP contribution is -1.85. The molecule has 0 heteroatoms. The second-order valence-electron chi connectivity index (χ2n) is 5.34. The van der Waals surface area contributed by atoms with E-state index in [2.05, 4.69) is 27.7 Å². The maximum absolute atomic E-state index is 2.41. The van der Waals surface area contributed by atoms with Crippen molar-refractivity contribution in [1.82, 2.24) is 0 Å². The fraction of sp³-hybridized carbons (Fsp3) is 1.00. The first-order chi connectivity index (χ1) is 5.63. The zero-order valence-corrected chi connectivity index (χ0v) is 8.88. The van der Waals surface area contributed by atoms with Crippen LogP contribution in [0.15, 0.2) is 0 Å². The standard InChI is InChI=1S/C12H22/c1-7-8(2)11(7)5-6-12-9(3)10(12)4/h7-12H,5-6H2,1-4H3. The van der Waals surface area contributed by atoms with E-state index in [0.717, 1.165) is 35.5 Å². The van der Waals surface area contributed by atoms with Gasteiger partial charge in [0.25, 0.3) is 0 Å². The van der Waals surface area contributed by atoms with E-state index in [0.29, 0.717) is 0 Å². The molecular weight excluding hydrogens is 144 g/mol. The Morgan fingerprint density at radius 3 is 1.00 bits per heavy atom. The molecule has 0 aromatic rings. The summed E-state index contributed by atoms with van der Waals surface area (Å²) in [6.45, 7) is 9.65. The second kappa shape index (κ2) is 2.75. The zero-order chi connectivity index (χ0) is 8.88. The predicted octanol–water partition coefficient (Wildman–Crippen LogP) is 3.57. The molecule has 4 atom stereocenters. The lowest BCUT2D eigenvalue weighted by molar-refractivity contribution is 0.547. The molecule has 0 aromatic heterocycles. The number of hydrogen-bond acceptors (Lipinski definition) is 0. The van der Waals surface area contributed by atoms with E-state index in [4.69, 9.17) is 0 Å². The minimum absolute atomic E-state index is 1.04. The molecule has 2 fully saturated rings. The maximum Gasteiger partial charge on any atom is -0.0357 e. The van der Waals surface area contributed by atoms with Gasteiger partial charge in [0.2, 0.25) is 0 Å². The molecule has 0 heterocycles. The van der Waals surface area contributed by atoms with Gasteiger partial charge in [-0.1, -0.05) is 27.7 Å². The summed E-state index contributed by atoms with van der Waals surface area (Å²) in [6, 6.07) is 0. The van der Waals surface area contributed by atoms with Crippen LogP contribution in [0.4, 0.5) is 0 Å². The Balaban J connectivity index is 1.65. The van der Waals surface area contributed by atoms with Crippen molar-refractivity contribution in [2.75, 3.05) is 0 Å². The van der Waals surface area contributed by atoms with E-state index in [1.807, 2.05) is 0 Å². The van der Waals surface area contributed by atoms with Crippen molar-refractivity contribution in [3.63, 3.8) is 0 Å². The van der Waals surface area contributed by atoms with Gasteiger partial charge in [-0.15, -0.1) is 0 Å². The van der Waals surface area contributed by atoms with Crippen molar-refractivity contribution in [3.8, 4) is 0 Å². The van der Waals surface area contributed by atoms with E-state index in [1.165, 1.54) is 12.8 Å². The third-order valence-electron chi connectivity index (χ3n) is 4.91. The van der Waals surface area contributed by atoms with Crippen molar-refractivity contribution in [3.05, 3.63) is 0 Å². The molecule has 0 nitrogen and oxygen atoms in total. The first kappa shape index (κ1) is 8.59. The average molecular weight is 166 g/mol. The van der Waals surface area contributed by atoms with Gasteiger partial charge >= 0.3 is 0 Å². The predicted molar refractivity (Wildman–Crippen MR) is 52.9 cm³/mol. The largest absolute Gasteiger partial charge is 0.0620 e. The van der Waals surface area contributed by atoms with Crippen LogP contribution in [0.25, 0.3) is 0 Å². The van der Waals surface area contributed by atoms with Crippen LogP contribution < -0.4 is 0 Å². The minimum Gasteiger partial charge on any atom is -0.0620 e. The first-order valence-electron chi connectivity index (χ1n) is 5.63. The Morgan fingerprint density at radius 1 is 0.583 bits per heavy atom. The van der Waals surface area contributed by atoms with Crippen molar-refractivity contribution in [2.45, 2.75) is 40.5 Å². The normalized spacial score (nSPS) is 57.0. The molecule has 0 aliphatic heterocycles. The molecule has 0 bridgehead atoms. The molecule has 2 aliphatic rings. The Bertz CT molecular complexity index is 137. The fourth-order valence-electron chi connectivity index (χ4n) is 2.97. The van der Waals surface area contributed by atoms with Crippen LogP contribution in [0.3, 0.4) is 0 Å². The lowest BCUT2D eigenvalue weighted by atomic mass is 10.1. The van der Waals surface area contributed by atoms with Gasteiger partial charge in [-0.25, -0.2) is 0 Å². The Hall–Kier alpha value is 0. The van der Waals surface area contributed by atoms with Gasteiger partial charge in [-0.05, 0) is 48.3 Å². The third kappa shape index (κ3) is 1.30. The van der Waals surface area contributed by atoms with Crippen LogP contribution >= 0.6 is 0 Å². The van der Waals surface area contributed by atoms with Gasteiger partial charge in [0, 0.05) is 0 Å². The topological polar surface area (TPSA) is 0 Å². The van der Waals surface area contributed by atoms with Gasteiger partial charge in [-0.2, -0.15) is 0 Å². The van der Waals surface area contributed by atoms with E-state index >= 15 is 0 Å². The van der Waals surface area contributed by atoms with Crippen LogP contribution in [0.1, 0.15) is 40.5 Å². The molecule has 0 saturated heterocycles. The monoisotopic (exact) mass is 166 g/mol. The van der Waals surface area contributed by atoms with Gasteiger partial charge in [0.05, 0.1) is 0 Å². The molecule has 0 N–H and O–H groups in total. The SMILES string of the molecule is CC1C(C)C1CCC1C(C)C1C. The molecule has 0 spiro atoms. The summed E-state index contributed by atoms with van der Waals surface area (Å²) in [7, 11) is 0. The van der Waals surface area contributed by atoms with Gasteiger partial charge < -0.3 is 0 Å². The molecule has 0 radical (unpaired) electrons. The Morgan fingerprint density at radius 2 is 0.833 bits per heavy atom. The van der Waals surface area contributed by atoms with Crippen LogP contribution in [-0.2, 0) is 0 Å². The molecule has 70 valence electrons. The molecule has 12 heavy (non-hydrogen) atoms. The van der Waals surface area contributed by atoms with Gasteiger partial charge in [-0.3, -0.25) is 0 Å². The number of rotatable bonds is 3. The molecule has 4 unspecified atom stereocenters. The smallest absolute Gasteiger partial charge is 0.0357 e. The van der Waals surface area contributed by atoms with Gasteiger partial charge in [0.1, 0.15) is 0 Å². The second-order valence-corrected chi connectivity index (χ2v) is 5.34. The first-order valence-corrected chi connectivity index (χ1v) is 5.63. The average Bonchev–Trinajstić information content (AvgIpc) is 2.79.